The van der Waals surface area contributed by atoms with E-state index in [1.165, 1.54) is 37.9 Å². The summed E-state index contributed by atoms with van der Waals surface area (Å²) < 4.78 is 0. The fourth-order valence-corrected chi connectivity index (χ4v) is 2.89. The van der Waals surface area contributed by atoms with Crippen LogP contribution in [0.2, 0.25) is 0 Å². The molecule has 2 heterocycles. The Labute approximate surface area is 117 Å². The van der Waals surface area contributed by atoms with Gasteiger partial charge in [-0.15, -0.1) is 0 Å². The summed E-state index contributed by atoms with van der Waals surface area (Å²) in [5.74, 6) is 0. The van der Waals surface area contributed by atoms with Gasteiger partial charge in [0, 0.05) is 18.6 Å². The maximum Gasteiger partial charge on any atom is 0.0572 e. The minimum Gasteiger partial charge on any atom is -0.368 e. The van der Waals surface area contributed by atoms with Crippen molar-refractivity contribution in [2.75, 3.05) is 18.0 Å². The number of nitrogens with zero attached hydrogens (tertiary/aromatic N) is 2. The first kappa shape index (κ1) is 14.3. The minimum absolute atomic E-state index is 0.334. The highest BCUT2D eigenvalue weighted by Gasteiger charge is 2.17. The Morgan fingerprint density at radius 3 is 2.89 bits per heavy atom. The van der Waals surface area contributed by atoms with Gasteiger partial charge in [0.25, 0.3) is 0 Å². The summed E-state index contributed by atoms with van der Waals surface area (Å²) in [6.45, 7) is 8.78. The van der Waals surface area contributed by atoms with Crippen LogP contribution in [0.25, 0.3) is 0 Å². The van der Waals surface area contributed by atoms with Crippen molar-refractivity contribution in [1.29, 1.82) is 0 Å². The molecular formula is C16H27N3. The Morgan fingerprint density at radius 2 is 2.21 bits per heavy atom. The summed E-state index contributed by atoms with van der Waals surface area (Å²) in [4.78, 5) is 7.15. The van der Waals surface area contributed by atoms with E-state index in [9.17, 15) is 0 Å². The fraction of sp³-hybridized carbons (Fsp3) is 0.688. The molecule has 1 aromatic rings. The molecule has 0 aliphatic carbocycles. The van der Waals surface area contributed by atoms with E-state index in [-0.39, 0.29) is 0 Å². The second-order valence-corrected chi connectivity index (χ2v) is 5.61. The molecular weight excluding hydrogens is 234 g/mol. The van der Waals surface area contributed by atoms with Crippen LogP contribution in [0.15, 0.2) is 18.3 Å². The lowest BCUT2D eigenvalue weighted by Gasteiger charge is -2.29. The van der Waals surface area contributed by atoms with E-state index in [2.05, 4.69) is 48.1 Å². The van der Waals surface area contributed by atoms with Gasteiger partial charge in [0.2, 0.25) is 0 Å². The van der Waals surface area contributed by atoms with Gasteiger partial charge in [0.1, 0.15) is 0 Å². The molecule has 3 nitrogen and oxygen atoms in total. The van der Waals surface area contributed by atoms with Crippen LogP contribution in [0.5, 0.6) is 0 Å². The quantitative estimate of drug-likeness (QED) is 0.899. The first-order valence-corrected chi connectivity index (χ1v) is 7.68. The summed E-state index contributed by atoms with van der Waals surface area (Å²) in [5, 5.41) is 3.40. The van der Waals surface area contributed by atoms with E-state index in [0.717, 1.165) is 12.2 Å². The number of pyridine rings is 1. The van der Waals surface area contributed by atoms with Crippen LogP contribution in [0.4, 0.5) is 5.69 Å². The highest BCUT2D eigenvalue weighted by Crippen LogP contribution is 2.24. The predicted molar refractivity (Wildman–Crippen MR) is 81.6 cm³/mol. The zero-order valence-corrected chi connectivity index (χ0v) is 12.5. The van der Waals surface area contributed by atoms with Gasteiger partial charge in [-0.2, -0.15) is 0 Å². The van der Waals surface area contributed by atoms with E-state index < -0.39 is 0 Å². The van der Waals surface area contributed by atoms with Gasteiger partial charge < -0.3 is 10.2 Å². The van der Waals surface area contributed by atoms with Crippen molar-refractivity contribution in [3.8, 4) is 0 Å². The molecule has 3 heteroatoms. The summed E-state index contributed by atoms with van der Waals surface area (Å²) >= 11 is 0. The summed E-state index contributed by atoms with van der Waals surface area (Å²) in [6, 6.07) is 5.38. The molecule has 1 N–H and O–H groups in total. The van der Waals surface area contributed by atoms with Crippen LogP contribution in [0.1, 0.15) is 58.2 Å². The van der Waals surface area contributed by atoms with E-state index in [1.54, 1.807) is 0 Å². The number of hydrogen-bond acceptors (Lipinski definition) is 3. The molecule has 0 aromatic carbocycles. The second-order valence-electron chi connectivity index (χ2n) is 5.61. The molecule has 2 atom stereocenters. The largest absolute Gasteiger partial charge is 0.368 e. The van der Waals surface area contributed by atoms with Crippen LogP contribution in [-0.4, -0.2) is 24.1 Å². The molecule has 0 radical (unpaired) electrons. The van der Waals surface area contributed by atoms with Crippen LogP contribution < -0.4 is 10.2 Å². The standard InChI is InChI=1S/C16H27N3/c1-4-17-14(3)16-10-9-15(12-18-16)19-11-7-5-6-8-13(19)2/h9-10,12-14,17H,4-8,11H2,1-3H3. The van der Waals surface area contributed by atoms with Gasteiger partial charge in [-0.25, -0.2) is 0 Å². The van der Waals surface area contributed by atoms with Crippen molar-refractivity contribution >= 4 is 5.69 Å². The summed E-state index contributed by atoms with van der Waals surface area (Å²) in [6.07, 6.45) is 7.38. The summed E-state index contributed by atoms with van der Waals surface area (Å²) in [5.41, 5.74) is 2.41. The van der Waals surface area contributed by atoms with Crippen molar-refractivity contribution < 1.29 is 0 Å². The molecule has 0 bridgehead atoms. The lowest BCUT2D eigenvalue weighted by atomic mass is 10.1. The molecule has 1 fully saturated rings. The maximum atomic E-state index is 4.63. The van der Waals surface area contributed by atoms with E-state index in [1.807, 2.05) is 6.20 Å². The molecule has 2 unspecified atom stereocenters. The Kier molecular flexibility index (Phi) is 5.20. The summed E-state index contributed by atoms with van der Waals surface area (Å²) in [7, 11) is 0. The zero-order chi connectivity index (χ0) is 13.7. The fourth-order valence-electron chi connectivity index (χ4n) is 2.89. The number of hydrogen-bond donors (Lipinski definition) is 1. The van der Waals surface area contributed by atoms with Gasteiger partial charge in [-0.3, -0.25) is 4.98 Å². The van der Waals surface area contributed by atoms with Gasteiger partial charge in [0.15, 0.2) is 0 Å². The third-order valence-electron chi connectivity index (χ3n) is 4.11. The van der Waals surface area contributed by atoms with Crippen molar-refractivity contribution in [3.05, 3.63) is 24.0 Å². The molecule has 106 valence electrons. The maximum absolute atomic E-state index is 4.63. The van der Waals surface area contributed by atoms with Crippen molar-refractivity contribution in [2.24, 2.45) is 0 Å². The smallest absolute Gasteiger partial charge is 0.0572 e. The molecule has 0 saturated carbocycles. The van der Waals surface area contributed by atoms with Crippen molar-refractivity contribution in [2.45, 2.75) is 58.5 Å². The molecule has 2 rings (SSSR count). The minimum atomic E-state index is 0.334. The van der Waals surface area contributed by atoms with E-state index in [0.29, 0.717) is 12.1 Å². The number of anilines is 1. The van der Waals surface area contributed by atoms with Gasteiger partial charge >= 0.3 is 0 Å². The molecule has 1 aliphatic rings. The van der Waals surface area contributed by atoms with Crippen LogP contribution in [0.3, 0.4) is 0 Å². The number of nitrogens with one attached hydrogen (secondary N) is 1. The SMILES string of the molecule is CCNC(C)c1ccc(N2CCCCCC2C)cn1. The van der Waals surface area contributed by atoms with E-state index in [4.69, 9.17) is 0 Å². The normalized spacial score (nSPS) is 22.1. The van der Waals surface area contributed by atoms with Crippen molar-refractivity contribution in [1.82, 2.24) is 10.3 Å². The molecule has 19 heavy (non-hydrogen) atoms. The third-order valence-corrected chi connectivity index (χ3v) is 4.11. The predicted octanol–water partition coefficient (Wildman–Crippen LogP) is 3.52. The van der Waals surface area contributed by atoms with Crippen LogP contribution in [-0.2, 0) is 0 Å². The Morgan fingerprint density at radius 1 is 1.37 bits per heavy atom. The van der Waals surface area contributed by atoms with Crippen LogP contribution >= 0.6 is 0 Å². The first-order chi connectivity index (χ1) is 9.22. The molecule has 0 amide bonds. The Hall–Kier alpha value is -1.09. The van der Waals surface area contributed by atoms with E-state index >= 15 is 0 Å². The number of aromatic nitrogens is 1. The Bertz CT molecular complexity index is 374. The van der Waals surface area contributed by atoms with Gasteiger partial charge in [0.05, 0.1) is 17.6 Å². The lowest BCUT2D eigenvalue weighted by molar-refractivity contribution is 0.582. The topological polar surface area (TPSA) is 28.2 Å². The second kappa shape index (κ2) is 6.90. The average Bonchev–Trinajstić information content (AvgIpc) is 2.64. The lowest BCUT2D eigenvalue weighted by Crippen LogP contribution is -2.32. The average molecular weight is 261 g/mol. The molecule has 1 aliphatic heterocycles. The molecule has 1 saturated heterocycles. The highest BCUT2D eigenvalue weighted by atomic mass is 15.2. The van der Waals surface area contributed by atoms with Gasteiger partial charge in [-0.05, 0) is 45.4 Å². The monoisotopic (exact) mass is 261 g/mol. The molecule has 1 aromatic heterocycles. The van der Waals surface area contributed by atoms with Gasteiger partial charge in [-0.1, -0.05) is 19.8 Å². The van der Waals surface area contributed by atoms with Crippen molar-refractivity contribution in [3.63, 3.8) is 0 Å². The van der Waals surface area contributed by atoms with Crippen LogP contribution in [0, 0.1) is 0 Å². The zero-order valence-electron chi connectivity index (χ0n) is 12.5. The highest BCUT2D eigenvalue weighted by molar-refractivity contribution is 5.46. The first-order valence-electron chi connectivity index (χ1n) is 7.68. The molecule has 0 spiro atoms. The Balaban J connectivity index is 2.08. The third kappa shape index (κ3) is 3.69. The number of rotatable bonds is 4.